The second kappa shape index (κ2) is 7.20. The Morgan fingerprint density at radius 1 is 1.30 bits per heavy atom. The van der Waals surface area contributed by atoms with Crippen LogP contribution in [0.4, 0.5) is 4.79 Å². The molecule has 2 atom stereocenters. The number of ether oxygens (including phenoxy) is 2. The summed E-state index contributed by atoms with van der Waals surface area (Å²) in [5.41, 5.74) is -0.567. The van der Waals surface area contributed by atoms with Crippen molar-refractivity contribution >= 4 is 23.8 Å². The van der Waals surface area contributed by atoms with Crippen molar-refractivity contribution in [3.63, 3.8) is 0 Å². The third-order valence-corrected chi connectivity index (χ3v) is 4.11. The number of hydrogen-bond donors (Lipinski definition) is 0. The van der Waals surface area contributed by atoms with Gasteiger partial charge in [-0.3, -0.25) is 4.90 Å². The summed E-state index contributed by atoms with van der Waals surface area (Å²) in [5, 5.41) is 0.341. The van der Waals surface area contributed by atoms with Crippen LogP contribution in [0, 0.1) is 0 Å². The number of rotatable bonds is 3. The van der Waals surface area contributed by atoms with Gasteiger partial charge in [-0.1, -0.05) is 0 Å². The molecule has 1 amide bonds. The van der Waals surface area contributed by atoms with E-state index in [1.54, 1.807) is 18.7 Å². The lowest BCUT2D eigenvalue weighted by Gasteiger charge is -2.38. The number of carbonyl (C=O) groups excluding carboxylic acids is 2. The fraction of sp³-hybridized carbons (Fsp3) is 0.857. The zero-order valence-electron chi connectivity index (χ0n) is 13.0. The van der Waals surface area contributed by atoms with E-state index in [0.717, 1.165) is 6.42 Å². The molecule has 116 valence electrons. The summed E-state index contributed by atoms with van der Waals surface area (Å²) in [5.74, 6) is -0.335. The van der Waals surface area contributed by atoms with Crippen molar-refractivity contribution in [3.05, 3.63) is 0 Å². The van der Waals surface area contributed by atoms with Gasteiger partial charge in [-0.2, -0.15) is 11.8 Å². The van der Waals surface area contributed by atoms with Crippen LogP contribution >= 0.6 is 11.8 Å². The molecule has 6 heteroatoms. The number of carbonyl (C=O) groups is 2. The fourth-order valence-corrected chi connectivity index (χ4v) is 2.82. The predicted octanol–water partition coefficient (Wildman–Crippen LogP) is 2.68. The summed E-state index contributed by atoms with van der Waals surface area (Å²) < 4.78 is 10.5. The van der Waals surface area contributed by atoms with Crippen LogP contribution in [0.25, 0.3) is 0 Å². The van der Waals surface area contributed by atoms with E-state index in [2.05, 4.69) is 0 Å². The number of piperidine rings is 1. The molecule has 0 aromatic carbocycles. The molecule has 0 saturated carbocycles. The third-order valence-electron chi connectivity index (χ3n) is 3.06. The van der Waals surface area contributed by atoms with Gasteiger partial charge >= 0.3 is 12.1 Å². The van der Waals surface area contributed by atoms with Crippen molar-refractivity contribution in [1.82, 2.24) is 4.90 Å². The number of esters is 1. The van der Waals surface area contributed by atoms with E-state index in [1.165, 1.54) is 4.90 Å². The molecule has 1 aliphatic rings. The first-order valence-corrected chi connectivity index (χ1v) is 8.26. The minimum absolute atomic E-state index is 0.323. The highest BCUT2D eigenvalue weighted by atomic mass is 32.2. The molecule has 0 aromatic heterocycles. The molecule has 0 radical (unpaired) electrons. The summed E-state index contributed by atoms with van der Waals surface area (Å²) in [6.45, 7) is 8.08. The molecule has 1 heterocycles. The standard InChI is InChI=1S/C14H25NO4S/c1-6-18-12(16)11-8-7-10(20-5)9-15(11)13(17)19-14(2,3)4/h10-11H,6-9H2,1-5H3/t10?,11-/m1/s1. The predicted molar refractivity (Wildman–Crippen MR) is 79.9 cm³/mol. The lowest BCUT2D eigenvalue weighted by molar-refractivity contribution is -0.150. The monoisotopic (exact) mass is 303 g/mol. The molecule has 1 rings (SSSR count). The number of likely N-dealkylation sites (tertiary alicyclic amines) is 1. The summed E-state index contributed by atoms with van der Waals surface area (Å²) >= 11 is 1.71. The van der Waals surface area contributed by atoms with Gasteiger partial charge in [0.05, 0.1) is 6.61 Å². The van der Waals surface area contributed by atoms with Gasteiger partial charge in [-0.05, 0) is 46.8 Å². The van der Waals surface area contributed by atoms with Crippen LogP contribution in [0.1, 0.15) is 40.5 Å². The van der Waals surface area contributed by atoms with Crippen LogP contribution in [0.2, 0.25) is 0 Å². The normalized spacial score (nSPS) is 23.4. The van der Waals surface area contributed by atoms with Crippen molar-refractivity contribution in [3.8, 4) is 0 Å². The highest BCUT2D eigenvalue weighted by Gasteiger charge is 2.38. The van der Waals surface area contributed by atoms with Gasteiger partial charge in [-0.15, -0.1) is 0 Å². The Balaban J connectivity index is 2.81. The van der Waals surface area contributed by atoms with Crippen LogP contribution in [0.3, 0.4) is 0 Å². The average molecular weight is 303 g/mol. The number of hydrogen-bond acceptors (Lipinski definition) is 5. The van der Waals surface area contributed by atoms with Crippen molar-refractivity contribution in [1.29, 1.82) is 0 Å². The number of thioether (sulfide) groups is 1. The molecule has 0 spiro atoms. The fourth-order valence-electron chi connectivity index (χ4n) is 2.14. The van der Waals surface area contributed by atoms with E-state index in [9.17, 15) is 9.59 Å². The molecule has 0 N–H and O–H groups in total. The molecule has 0 aliphatic carbocycles. The SMILES string of the molecule is CCOC(=O)[C@H]1CCC(SC)CN1C(=O)OC(C)(C)C. The van der Waals surface area contributed by atoms with E-state index >= 15 is 0 Å². The first-order valence-electron chi connectivity index (χ1n) is 6.97. The van der Waals surface area contributed by atoms with Gasteiger partial charge in [0.2, 0.25) is 0 Å². The summed E-state index contributed by atoms with van der Waals surface area (Å²) in [7, 11) is 0. The van der Waals surface area contributed by atoms with E-state index in [1.807, 2.05) is 27.0 Å². The first kappa shape index (κ1) is 17.1. The molecule has 1 aliphatic heterocycles. The van der Waals surface area contributed by atoms with Crippen LogP contribution < -0.4 is 0 Å². The molecule has 5 nitrogen and oxygen atoms in total. The maximum Gasteiger partial charge on any atom is 0.411 e. The van der Waals surface area contributed by atoms with Gasteiger partial charge in [-0.25, -0.2) is 9.59 Å². The zero-order valence-corrected chi connectivity index (χ0v) is 13.8. The average Bonchev–Trinajstić information content (AvgIpc) is 2.36. The molecule has 1 fully saturated rings. The minimum Gasteiger partial charge on any atom is -0.464 e. The van der Waals surface area contributed by atoms with Crippen molar-refractivity contribution in [2.75, 3.05) is 19.4 Å². The Kier molecular flexibility index (Phi) is 6.17. The van der Waals surface area contributed by atoms with Gasteiger partial charge < -0.3 is 9.47 Å². The second-order valence-corrected chi connectivity index (χ2v) is 6.97. The van der Waals surface area contributed by atoms with Crippen LogP contribution in [0.15, 0.2) is 0 Å². The quantitative estimate of drug-likeness (QED) is 0.750. The second-order valence-electron chi connectivity index (χ2n) is 5.84. The van der Waals surface area contributed by atoms with Crippen molar-refractivity contribution < 1.29 is 19.1 Å². The topological polar surface area (TPSA) is 55.8 Å². The summed E-state index contributed by atoms with van der Waals surface area (Å²) in [6, 6.07) is -0.520. The summed E-state index contributed by atoms with van der Waals surface area (Å²) in [4.78, 5) is 25.8. The molecule has 1 saturated heterocycles. The Labute approximate surface area is 125 Å². The largest absolute Gasteiger partial charge is 0.464 e. The van der Waals surface area contributed by atoms with E-state index in [0.29, 0.717) is 24.8 Å². The lowest BCUT2D eigenvalue weighted by Crippen LogP contribution is -2.53. The van der Waals surface area contributed by atoms with Gasteiger partial charge in [0.1, 0.15) is 11.6 Å². The Bertz CT molecular complexity index is 354. The molecular formula is C14H25NO4S. The molecular weight excluding hydrogens is 278 g/mol. The molecule has 0 aromatic rings. The van der Waals surface area contributed by atoms with Gasteiger partial charge in [0.25, 0.3) is 0 Å². The number of nitrogens with zero attached hydrogens (tertiary/aromatic N) is 1. The third kappa shape index (κ3) is 4.89. The van der Waals surface area contributed by atoms with Gasteiger partial charge in [0.15, 0.2) is 0 Å². The zero-order chi connectivity index (χ0) is 15.3. The van der Waals surface area contributed by atoms with Crippen molar-refractivity contribution in [2.24, 2.45) is 0 Å². The Hall–Kier alpha value is -0.910. The minimum atomic E-state index is -0.567. The van der Waals surface area contributed by atoms with Crippen LogP contribution in [-0.4, -0.2) is 53.3 Å². The Morgan fingerprint density at radius 3 is 2.45 bits per heavy atom. The van der Waals surface area contributed by atoms with E-state index < -0.39 is 17.7 Å². The Morgan fingerprint density at radius 2 is 1.95 bits per heavy atom. The smallest absolute Gasteiger partial charge is 0.411 e. The highest BCUT2D eigenvalue weighted by molar-refractivity contribution is 7.99. The molecule has 0 bridgehead atoms. The van der Waals surface area contributed by atoms with Crippen LogP contribution in [0.5, 0.6) is 0 Å². The van der Waals surface area contributed by atoms with E-state index in [-0.39, 0.29) is 5.97 Å². The lowest BCUT2D eigenvalue weighted by atomic mass is 10.0. The molecule has 20 heavy (non-hydrogen) atoms. The van der Waals surface area contributed by atoms with E-state index in [4.69, 9.17) is 9.47 Å². The highest BCUT2D eigenvalue weighted by Crippen LogP contribution is 2.27. The maximum atomic E-state index is 12.3. The van der Waals surface area contributed by atoms with Crippen LogP contribution in [-0.2, 0) is 14.3 Å². The number of amides is 1. The maximum absolute atomic E-state index is 12.3. The van der Waals surface area contributed by atoms with Gasteiger partial charge in [0, 0.05) is 11.8 Å². The summed E-state index contributed by atoms with van der Waals surface area (Å²) in [6.07, 6.45) is 3.12. The van der Waals surface area contributed by atoms with Crippen molar-refractivity contribution in [2.45, 2.75) is 57.4 Å². The molecule has 1 unspecified atom stereocenters. The first-order chi connectivity index (χ1) is 9.28.